The van der Waals surface area contributed by atoms with Gasteiger partial charge in [0.15, 0.2) is 17.3 Å². The Hall–Kier alpha value is -3.35. The van der Waals surface area contributed by atoms with E-state index in [1.165, 1.54) is 28.4 Å². The van der Waals surface area contributed by atoms with Gasteiger partial charge in [-0.2, -0.15) is 0 Å². The number of rotatable bonds is 10. The Balaban J connectivity index is 2.62. The van der Waals surface area contributed by atoms with Crippen LogP contribution in [0, 0.1) is 0 Å². The Morgan fingerprint density at radius 3 is 1.94 bits per heavy atom. The van der Waals surface area contributed by atoms with Crippen LogP contribution in [0.25, 0.3) is 6.08 Å². The molecule has 31 heavy (non-hydrogen) atoms. The number of anilines is 1. The number of benzene rings is 2. The van der Waals surface area contributed by atoms with E-state index in [4.69, 9.17) is 23.7 Å². The van der Waals surface area contributed by atoms with Gasteiger partial charge < -0.3 is 28.6 Å². The average molecular weight is 430 g/mol. The van der Waals surface area contributed by atoms with Gasteiger partial charge in [-0.15, -0.1) is 0 Å². The lowest BCUT2D eigenvalue weighted by atomic mass is 9.97. The number of ketones is 1. The standard InChI is InChI=1S/C24H31NO6/c1-9-16(12-15-10-11-19(27-4)18(13-15)25(2)3)21(26)17-14-20(28-5)23(30-7)24(31-8)22(17)29-6/h10-14H,9H2,1-8H3. The lowest BCUT2D eigenvalue weighted by Crippen LogP contribution is -2.10. The molecule has 0 aliphatic heterocycles. The van der Waals surface area contributed by atoms with Crippen molar-refractivity contribution in [2.24, 2.45) is 0 Å². The summed E-state index contributed by atoms with van der Waals surface area (Å²) in [5.74, 6) is 1.94. The lowest BCUT2D eigenvalue weighted by molar-refractivity contribution is 0.102. The molecule has 168 valence electrons. The first-order chi connectivity index (χ1) is 14.9. The van der Waals surface area contributed by atoms with E-state index >= 15 is 0 Å². The highest BCUT2D eigenvalue weighted by atomic mass is 16.5. The highest BCUT2D eigenvalue weighted by Crippen LogP contribution is 2.47. The Bertz CT molecular complexity index is 965. The third kappa shape index (κ3) is 4.87. The number of Topliss-reactive ketones (excluding diaryl/α,β-unsaturated/α-hetero) is 1. The van der Waals surface area contributed by atoms with E-state index in [0.717, 1.165) is 17.0 Å². The molecule has 2 aromatic carbocycles. The normalized spacial score (nSPS) is 11.0. The van der Waals surface area contributed by atoms with Crippen LogP contribution in [-0.2, 0) is 0 Å². The van der Waals surface area contributed by atoms with Crippen LogP contribution < -0.4 is 28.6 Å². The van der Waals surface area contributed by atoms with Crippen LogP contribution in [0.4, 0.5) is 5.69 Å². The summed E-state index contributed by atoms with van der Waals surface area (Å²) >= 11 is 0. The third-order valence-corrected chi connectivity index (χ3v) is 4.93. The SMILES string of the molecule is CCC(=Cc1ccc(OC)c(N(C)C)c1)C(=O)c1cc(OC)c(OC)c(OC)c1OC. The van der Waals surface area contributed by atoms with Crippen molar-refractivity contribution in [2.75, 3.05) is 54.5 Å². The first-order valence-electron chi connectivity index (χ1n) is 9.84. The minimum atomic E-state index is -0.180. The van der Waals surface area contributed by atoms with Crippen LogP contribution in [0.2, 0.25) is 0 Å². The quantitative estimate of drug-likeness (QED) is 0.408. The summed E-state index contributed by atoms with van der Waals surface area (Å²) in [6, 6.07) is 7.40. The molecule has 7 heteroatoms. The minimum absolute atomic E-state index is 0.180. The average Bonchev–Trinajstić information content (AvgIpc) is 2.79. The number of allylic oxidation sites excluding steroid dienone is 1. The number of nitrogens with zero attached hydrogens (tertiary/aromatic N) is 1. The molecule has 0 unspecified atom stereocenters. The maximum Gasteiger partial charge on any atom is 0.208 e. The molecule has 0 saturated heterocycles. The zero-order chi connectivity index (χ0) is 23.1. The lowest BCUT2D eigenvalue weighted by Gasteiger charge is -2.19. The Morgan fingerprint density at radius 1 is 0.839 bits per heavy atom. The van der Waals surface area contributed by atoms with Gasteiger partial charge in [0.05, 0.1) is 46.8 Å². The van der Waals surface area contributed by atoms with Crippen LogP contribution in [0.5, 0.6) is 28.7 Å². The Labute approximate surface area is 184 Å². The molecule has 7 nitrogen and oxygen atoms in total. The van der Waals surface area contributed by atoms with Gasteiger partial charge in [0.1, 0.15) is 5.75 Å². The summed E-state index contributed by atoms with van der Waals surface area (Å²) in [7, 11) is 11.5. The molecule has 0 amide bonds. The first kappa shape index (κ1) is 23.9. The smallest absolute Gasteiger partial charge is 0.208 e. The van der Waals surface area contributed by atoms with Crippen LogP contribution in [-0.4, -0.2) is 55.4 Å². The molecule has 0 saturated carbocycles. The van der Waals surface area contributed by atoms with Gasteiger partial charge in [0.2, 0.25) is 11.5 Å². The number of hydrogen-bond acceptors (Lipinski definition) is 7. The largest absolute Gasteiger partial charge is 0.495 e. The zero-order valence-corrected chi connectivity index (χ0v) is 19.5. The predicted molar refractivity (Wildman–Crippen MR) is 123 cm³/mol. The van der Waals surface area contributed by atoms with E-state index < -0.39 is 0 Å². The summed E-state index contributed by atoms with van der Waals surface area (Å²) in [4.78, 5) is 15.5. The van der Waals surface area contributed by atoms with Gasteiger partial charge in [-0.1, -0.05) is 13.0 Å². The molecule has 0 aliphatic carbocycles. The second-order valence-corrected chi connectivity index (χ2v) is 6.90. The number of ether oxygens (including phenoxy) is 5. The second-order valence-electron chi connectivity index (χ2n) is 6.90. The second kappa shape index (κ2) is 10.6. The van der Waals surface area contributed by atoms with Crippen molar-refractivity contribution < 1.29 is 28.5 Å². The van der Waals surface area contributed by atoms with E-state index in [9.17, 15) is 4.79 Å². The summed E-state index contributed by atoms with van der Waals surface area (Å²) in [6.45, 7) is 1.94. The first-order valence-corrected chi connectivity index (χ1v) is 9.84. The van der Waals surface area contributed by atoms with Crippen molar-refractivity contribution in [1.29, 1.82) is 0 Å². The van der Waals surface area contributed by atoms with E-state index in [2.05, 4.69) is 0 Å². The predicted octanol–water partition coefficient (Wildman–Crippen LogP) is 4.47. The van der Waals surface area contributed by atoms with Gasteiger partial charge >= 0.3 is 0 Å². The Morgan fingerprint density at radius 2 is 1.45 bits per heavy atom. The van der Waals surface area contributed by atoms with Crippen molar-refractivity contribution in [2.45, 2.75) is 13.3 Å². The highest BCUT2D eigenvalue weighted by Gasteiger charge is 2.26. The van der Waals surface area contributed by atoms with E-state index in [0.29, 0.717) is 40.6 Å². The van der Waals surface area contributed by atoms with Crippen molar-refractivity contribution in [3.05, 3.63) is 41.0 Å². The number of methoxy groups -OCH3 is 5. The van der Waals surface area contributed by atoms with Gasteiger partial charge in [-0.25, -0.2) is 0 Å². The molecule has 0 heterocycles. The van der Waals surface area contributed by atoms with Gasteiger partial charge in [0.25, 0.3) is 0 Å². The topological polar surface area (TPSA) is 66.5 Å². The zero-order valence-electron chi connectivity index (χ0n) is 19.5. The van der Waals surface area contributed by atoms with E-state index in [1.807, 2.05) is 50.2 Å². The molecule has 0 radical (unpaired) electrons. The van der Waals surface area contributed by atoms with Crippen molar-refractivity contribution in [3.8, 4) is 28.7 Å². The van der Waals surface area contributed by atoms with Gasteiger partial charge in [0, 0.05) is 19.7 Å². The fraction of sp³-hybridized carbons (Fsp3) is 0.375. The monoisotopic (exact) mass is 429 g/mol. The molecule has 0 bridgehead atoms. The summed E-state index contributed by atoms with van der Waals surface area (Å²) in [5.41, 5.74) is 2.76. The number of carbonyl (C=O) groups is 1. The third-order valence-electron chi connectivity index (χ3n) is 4.93. The minimum Gasteiger partial charge on any atom is -0.495 e. The molecule has 2 rings (SSSR count). The van der Waals surface area contributed by atoms with Crippen molar-refractivity contribution >= 4 is 17.5 Å². The maximum absolute atomic E-state index is 13.5. The van der Waals surface area contributed by atoms with Crippen LogP contribution in [0.15, 0.2) is 29.8 Å². The van der Waals surface area contributed by atoms with Gasteiger partial charge in [-0.3, -0.25) is 4.79 Å². The van der Waals surface area contributed by atoms with Crippen LogP contribution in [0.3, 0.4) is 0 Å². The molecule has 0 atom stereocenters. The molecule has 0 aliphatic rings. The molecular weight excluding hydrogens is 398 g/mol. The Kier molecular flexibility index (Phi) is 8.19. The highest BCUT2D eigenvalue weighted by molar-refractivity contribution is 6.13. The fourth-order valence-corrected chi connectivity index (χ4v) is 3.35. The van der Waals surface area contributed by atoms with E-state index in [1.54, 1.807) is 13.2 Å². The van der Waals surface area contributed by atoms with Crippen LogP contribution in [0.1, 0.15) is 29.3 Å². The molecule has 0 N–H and O–H groups in total. The van der Waals surface area contributed by atoms with Crippen molar-refractivity contribution in [1.82, 2.24) is 0 Å². The molecule has 0 aromatic heterocycles. The summed E-state index contributed by atoms with van der Waals surface area (Å²) in [5, 5.41) is 0. The van der Waals surface area contributed by atoms with Crippen LogP contribution >= 0.6 is 0 Å². The maximum atomic E-state index is 13.5. The van der Waals surface area contributed by atoms with Gasteiger partial charge in [-0.05, 0) is 36.3 Å². The molecule has 0 fully saturated rings. The van der Waals surface area contributed by atoms with E-state index in [-0.39, 0.29) is 5.78 Å². The number of hydrogen-bond donors (Lipinski definition) is 0. The molecule has 2 aromatic rings. The van der Waals surface area contributed by atoms with Crippen molar-refractivity contribution in [3.63, 3.8) is 0 Å². The summed E-state index contributed by atoms with van der Waals surface area (Å²) < 4.78 is 27.2. The fourth-order valence-electron chi connectivity index (χ4n) is 3.35. The summed E-state index contributed by atoms with van der Waals surface area (Å²) in [6.07, 6.45) is 2.40. The molecule has 0 spiro atoms. The number of carbonyl (C=O) groups excluding carboxylic acids is 1. The molecular formula is C24H31NO6.